The van der Waals surface area contributed by atoms with Crippen LogP contribution in [0, 0.1) is 5.82 Å². The summed E-state index contributed by atoms with van der Waals surface area (Å²) in [7, 11) is 0. The number of halogens is 2. The number of hydrogen-bond donors (Lipinski definition) is 1. The van der Waals surface area contributed by atoms with E-state index in [1.807, 2.05) is 13.8 Å². The Balaban J connectivity index is 1.99. The molecule has 1 N–H and O–H groups in total. The second kappa shape index (κ2) is 7.97. The van der Waals surface area contributed by atoms with E-state index in [-0.39, 0.29) is 17.8 Å². The summed E-state index contributed by atoms with van der Waals surface area (Å²) in [5, 5.41) is 3.50. The monoisotopic (exact) mass is 335 g/mol. The summed E-state index contributed by atoms with van der Waals surface area (Å²) in [6.07, 6.45) is -0.0657. The van der Waals surface area contributed by atoms with E-state index in [2.05, 4.69) is 5.32 Å². The molecule has 0 radical (unpaired) electrons. The van der Waals surface area contributed by atoms with Crippen LogP contribution in [0.4, 0.5) is 4.39 Å². The molecule has 0 bridgehead atoms. The maximum Gasteiger partial charge on any atom is 0.261 e. The summed E-state index contributed by atoms with van der Waals surface area (Å²) in [5.74, 6) is 0.0786. The van der Waals surface area contributed by atoms with Crippen molar-refractivity contribution in [3.8, 4) is 5.75 Å². The Bertz CT molecular complexity index is 643. The Morgan fingerprint density at radius 2 is 1.78 bits per heavy atom. The molecule has 2 rings (SSSR count). The standard InChI is InChI=1S/C18H19ClFNO2/c1-3-17(23-16-10-6-14(19)7-11-16)18(22)21-12(2)13-4-8-15(20)9-5-13/h4-12,17H,3H2,1-2H3,(H,21,22)/t12-,17+/m1/s1. The molecule has 2 aromatic rings. The van der Waals surface area contributed by atoms with Crippen LogP contribution in [-0.2, 0) is 4.79 Å². The Labute approximate surface area is 140 Å². The van der Waals surface area contributed by atoms with Gasteiger partial charge in [-0.3, -0.25) is 4.79 Å². The van der Waals surface area contributed by atoms with E-state index in [1.165, 1.54) is 12.1 Å². The molecule has 122 valence electrons. The minimum Gasteiger partial charge on any atom is -0.481 e. The minimum atomic E-state index is -0.598. The zero-order valence-electron chi connectivity index (χ0n) is 13.1. The van der Waals surface area contributed by atoms with E-state index < -0.39 is 6.10 Å². The van der Waals surface area contributed by atoms with Gasteiger partial charge in [-0.1, -0.05) is 30.7 Å². The van der Waals surface area contributed by atoms with Crippen molar-refractivity contribution in [2.45, 2.75) is 32.4 Å². The first-order chi connectivity index (χ1) is 11.0. The molecule has 0 aliphatic heterocycles. The molecule has 0 aliphatic carbocycles. The summed E-state index contributed by atoms with van der Waals surface area (Å²) in [4.78, 5) is 12.4. The molecule has 5 heteroatoms. The zero-order chi connectivity index (χ0) is 16.8. The number of rotatable bonds is 6. The quantitative estimate of drug-likeness (QED) is 0.843. The number of carbonyl (C=O) groups excluding carboxylic acids is 1. The van der Waals surface area contributed by atoms with Crippen molar-refractivity contribution in [1.82, 2.24) is 5.32 Å². The predicted molar refractivity (Wildman–Crippen MR) is 89.1 cm³/mol. The Hall–Kier alpha value is -2.07. The van der Waals surface area contributed by atoms with Crippen LogP contribution in [0.1, 0.15) is 31.9 Å². The molecule has 3 nitrogen and oxygen atoms in total. The van der Waals surface area contributed by atoms with Gasteiger partial charge in [0.15, 0.2) is 6.10 Å². The first kappa shape index (κ1) is 17.3. The van der Waals surface area contributed by atoms with Crippen molar-refractivity contribution < 1.29 is 13.9 Å². The van der Waals surface area contributed by atoms with Gasteiger partial charge >= 0.3 is 0 Å². The molecular weight excluding hydrogens is 317 g/mol. The fourth-order valence-corrected chi connectivity index (χ4v) is 2.27. The summed E-state index contributed by atoms with van der Waals surface area (Å²) in [6, 6.07) is 12.7. The second-order valence-electron chi connectivity index (χ2n) is 5.25. The van der Waals surface area contributed by atoms with Gasteiger partial charge in [0, 0.05) is 5.02 Å². The summed E-state index contributed by atoms with van der Waals surface area (Å²) in [6.45, 7) is 3.73. The zero-order valence-corrected chi connectivity index (χ0v) is 13.8. The van der Waals surface area contributed by atoms with Gasteiger partial charge in [-0.2, -0.15) is 0 Å². The molecule has 0 saturated heterocycles. The lowest BCUT2D eigenvalue weighted by Crippen LogP contribution is -2.39. The highest BCUT2D eigenvalue weighted by molar-refractivity contribution is 6.30. The van der Waals surface area contributed by atoms with Crippen molar-refractivity contribution >= 4 is 17.5 Å². The smallest absolute Gasteiger partial charge is 0.261 e. The molecular formula is C18H19ClFNO2. The highest BCUT2D eigenvalue weighted by Gasteiger charge is 2.20. The minimum absolute atomic E-state index is 0.209. The molecule has 0 aliphatic rings. The highest BCUT2D eigenvalue weighted by Crippen LogP contribution is 2.19. The summed E-state index contributed by atoms with van der Waals surface area (Å²) >= 11 is 5.83. The van der Waals surface area contributed by atoms with Gasteiger partial charge in [0.05, 0.1) is 6.04 Å². The number of carbonyl (C=O) groups is 1. The third-order valence-electron chi connectivity index (χ3n) is 3.48. The second-order valence-corrected chi connectivity index (χ2v) is 5.69. The number of ether oxygens (including phenoxy) is 1. The van der Waals surface area contributed by atoms with Crippen molar-refractivity contribution in [2.24, 2.45) is 0 Å². The fourth-order valence-electron chi connectivity index (χ4n) is 2.14. The first-order valence-electron chi connectivity index (χ1n) is 7.47. The Kier molecular flexibility index (Phi) is 5.99. The molecule has 2 atom stereocenters. The molecule has 2 aromatic carbocycles. The van der Waals surface area contributed by atoms with E-state index in [0.29, 0.717) is 17.2 Å². The van der Waals surface area contributed by atoms with Crippen molar-refractivity contribution in [3.05, 3.63) is 64.9 Å². The van der Waals surface area contributed by atoms with Crippen LogP contribution >= 0.6 is 11.6 Å². The number of amides is 1. The highest BCUT2D eigenvalue weighted by atomic mass is 35.5. The van der Waals surface area contributed by atoms with Crippen LogP contribution in [0.5, 0.6) is 5.75 Å². The van der Waals surface area contributed by atoms with Gasteiger partial charge in [0.2, 0.25) is 0 Å². The Morgan fingerprint density at radius 1 is 1.17 bits per heavy atom. The molecule has 0 aromatic heterocycles. The molecule has 0 fully saturated rings. The topological polar surface area (TPSA) is 38.3 Å². The van der Waals surface area contributed by atoms with Crippen LogP contribution in [-0.4, -0.2) is 12.0 Å². The number of hydrogen-bond acceptors (Lipinski definition) is 2. The SMILES string of the molecule is CC[C@H](Oc1ccc(Cl)cc1)C(=O)N[C@H](C)c1ccc(F)cc1. The van der Waals surface area contributed by atoms with Crippen LogP contribution in [0.25, 0.3) is 0 Å². The van der Waals surface area contributed by atoms with Crippen LogP contribution in [0.15, 0.2) is 48.5 Å². The van der Waals surface area contributed by atoms with E-state index in [0.717, 1.165) is 5.56 Å². The first-order valence-corrected chi connectivity index (χ1v) is 7.85. The van der Waals surface area contributed by atoms with E-state index in [9.17, 15) is 9.18 Å². The third kappa shape index (κ3) is 4.96. The van der Waals surface area contributed by atoms with Crippen LogP contribution in [0.3, 0.4) is 0 Å². The number of benzene rings is 2. The normalized spacial score (nSPS) is 13.2. The van der Waals surface area contributed by atoms with Gasteiger partial charge in [-0.25, -0.2) is 4.39 Å². The largest absolute Gasteiger partial charge is 0.481 e. The summed E-state index contributed by atoms with van der Waals surface area (Å²) < 4.78 is 18.7. The molecule has 0 spiro atoms. The maximum atomic E-state index is 12.9. The van der Waals surface area contributed by atoms with Crippen molar-refractivity contribution in [2.75, 3.05) is 0 Å². The van der Waals surface area contributed by atoms with E-state index >= 15 is 0 Å². The molecule has 0 saturated carbocycles. The average molecular weight is 336 g/mol. The predicted octanol–water partition coefficient (Wildman–Crippen LogP) is 4.51. The maximum absolute atomic E-state index is 12.9. The molecule has 1 amide bonds. The fraction of sp³-hybridized carbons (Fsp3) is 0.278. The van der Waals surface area contributed by atoms with Gasteiger partial charge < -0.3 is 10.1 Å². The molecule has 0 unspecified atom stereocenters. The van der Waals surface area contributed by atoms with Crippen molar-refractivity contribution in [1.29, 1.82) is 0 Å². The molecule has 23 heavy (non-hydrogen) atoms. The van der Waals surface area contributed by atoms with Gasteiger partial charge in [0.1, 0.15) is 11.6 Å². The average Bonchev–Trinajstić information content (AvgIpc) is 2.54. The third-order valence-corrected chi connectivity index (χ3v) is 3.74. The van der Waals surface area contributed by atoms with Crippen LogP contribution < -0.4 is 10.1 Å². The van der Waals surface area contributed by atoms with Crippen LogP contribution in [0.2, 0.25) is 5.02 Å². The van der Waals surface area contributed by atoms with E-state index in [4.69, 9.17) is 16.3 Å². The van der Waals surface area contributed by atoms with Gasteiger partial charge in [-0.15, -0.1) is 0 Å². The lowest BCUT2D eigenvalue weighted by Gasteiger charge is -2.21. The van der Waals surface area contributed by atoms with E-state index in [1.54, 1.807) is 36.4 Å². The van der Waals surface area contributed by atoms with Crippen molar-refractivity contribution in [3.63, 3.8) is 0 Å². The van der Waals surface area contributed by atoms with Gasteiger partial charge in [0.25, 0.3) is 5.91 Å². The Morgan fingerprint density at radius 3 is 2.35 bits per heavy atom. The molecule has 0 heterocycles. The number of nitrogens with one attached hydrogen (secondary N) is 1. The summed E-state index contributed by atoms with van der Waals surface area (Å²) in [5.41, 5.74) is 0.834. The lowest BCUT2D eigenvalue weighted by molar-refractivity contribution is -0.128. The van der Waals surface area contributed by atoms with Gasteiger partial charge in [-0.05, 0) is 55.3 Å². The lowest BCUT2D eigenvalue weighted by atomic mass is 10.1.